The van der Waals surface area contributed by atoms with Crippen LogP contribution >= 0.6 is 0 Å². The summed E-state index contributed by atoms with van der Waals surface area (Å²) in [4.78, 5) is 0. The molecule has 1 aliphatic carbocycles. The number of rotatable bonds is 2. The van der Waals surface area contributed by atoms with Gasteiger partial charge < -0.3 is 5.32 Å². The molecule has 0 saturated carbocycles. The third kappa shape index (κ3) is 2.54. The lowest BCUT2D eigenvalue weighted by molar-refractivity contribution is 0.589. The van der Waals surface area contributed by atoms with Gasteiger partial charge in [-0.15, -0.1) is 0 Å². The van der Waals surface area contributed by atoms with Gasteiger partial charge in [0.1, 0.15) is 0 Å². The average molecular weight is 341 g/mol. The summed E-state index contributed by atoms with van der Waals surface area (Å²) in [5, 5.41) is 3.67. The Labute approximate surface area is 157 Å². The molecule has 0 radical (unpaired) electrons. The molecule has 0 saturated heterocycles. The van der Waals surface area contributed by atoms with Crippen LogP contribution in [0.3, 0.4) is 0 Å². The Kier molecular flexibility index (Phi) is 3.73. The molecule has 0 aliphatic heterocycles. The molecule has 1 nitrogen and oxygen atoms in total. The topological polar surface area (TPSA) is 12.0 Å². The van der Waals surface area contributed by atoms with E-state index in [0.29, 0.717) is 0 Å². The zero-order valence-electron chi connectivity index (χ0n) is 16.4. The first kappa shape index (κ1) is 16.9. The van der Waals surface area contributed by atoms with Crippen LogP contribution in [-0.2, 0) is 10.8 Å². The van der Waals surface area contributed by atoms with Gasteiger partial charge in [0.15, 0.2) is 0 Å². The van der Waals surface area contributed by atoms with Crippen molar-refractivity contribution in [3.8, 4) is 11.1 Å². The molecule has 26 heavy (non-hydrogen) atoms. The van der Waals surface area contributed by atoms with E-state index in [4.69, 9.17) is 0 Å². The van der Waals surface area contributed by atoms with Gasteiger partial charge in [0.05, 0.1) is 0 Å². The van der Waals surface area contributed by atoms with Crippen molar-refractivity contribution < 1.29 is 0 Å². The first-order valence-electron chi connectivity index (χ1n) is 9.40. The van der Waals surface area contributed by atoms with Crippen LogP contribution in [-0.4, -0.2) is 0 Å². The zero-order valence-corrected chi connectivity index (χ0v) is 16.4. The van der Waals surface area contributed by atoms with E-state index in [1.807, 2.05) is 0 Å². The second kappa shape index (κ2) is 5.74. The van der Waals surface area contributed by atoms with Crippen molar-refractivity contribution in [2.45, 2.75) is 45.4 Å². The molecule has 0 heterocycles. The van der Waals surface area contributed by atoms with Crippen LogP contribution in [0.4, 0.5) is 11.4 Å². The molecule has 0 atom stereocenters. The lowest BCUT2D eigenvalue weighted by Gasteiger charge is -2.28. The van der Waals surface area contributed by atoms with Crippen molar-refractivity contribution in [2.75, 3.05) is 5.32 Å². The largest absolute Gasteiger partial charge is 0.355 e. The number of hydrogen-bond donors (Lipinski definition) is 1. The van der Waals surface area contributed by atoms with Gasteiger partial charge in [0, 0.05) is 16.8 Å². The summed E-state index contributed by atoms with van der Waals surface area (Å²) in [6.07, 6.45) is 0. The monoisotopic (exact) mass is 341 g/mol. The maximum Gasteiger partial charge on any atom is 0.0432 e. The highest BCUT2D eigenvalue weighted by molar-refractivity contribution is 5.89. The summed E-state index contributed by atoms with van der Waals surface area (Å²) >= 11 is 0. The fourth-order valence-electron chi connectivity index (χ4n) is 4.32. The maximum absolute atomic E-state index is 3.67. The fourth-order valence-corrected chi connectivity index (χ4v) is 4.32. The van der Waals surface area contributed by atoms with E-state index < -0.39 is 0 Å². The van der Waals surface area contributed by atoms with Gasteiger partial charge in [0.2, 0.25) is 0 Å². The molecule has 3 aromatic carbocycles. The predicted octanol–water partition coefficient (Wildman–Crippen LogP) is 7.03. The molecule has 132 valence electrons. The highest BCUT2D eigenvalue weighted by Gasteiger charge is 2.40. The molecule has 0 bridgehead atoms. The quantitative estimate of drug-likeness (QED) is 0.527. The molecule has 1 aliphatic rings. The Hall–Kier alpha value is -2.54. The SMILES string of the molecule is CC(C)(C)c1ccc(Nc2ccccc2)c2c1-c1ccccc1C2(C)C. The molecule has 4 rings (SSSR count). The summed E-state index contributed by atoms with van der Waals surface area (Å²) in [5.74, 6) is 0. The number of para-hydroxylation sites is 1. The number of nitrogens with one attached hydrogen (secondary N) is 1. The average Bonchev–Trinajstić information content (AvgIpc) is 2.84. The number of benzene rings is 3. The van der Waals surface area contributed by atoms with Crippen molar-refractivity contribution in [3.63, 3.8) is 0 Å². The van der Waals surface area contributed by atoms with Crippen LogP contribution in [0, 0.1) is 0 Å². The van der Waals surface area contributed by atoms with E-state index in [1.54, 1.807) is 0 Å². The van der Waals surface area contributed by atoms with E-state index in [9.17, 15) is 0 Å². The Morgan fingerprint density at radius 3 is 2.12 bits per heavy atom. The maximum atomic E-state index is 3.67. The Morgan fingerprint density at radius 1 is 0.769 bits per heavy atom. The standard InChI is InChI=1S/C25H27N/c1-24(2,3)20-15-16-21(26-17-11-7-6-8-12-17)23-22(20)18-13-9-10-14-19(18)25(23,4)5/h6-16,26H,1-5H3. The second-order valence-corrected chi connectivity index (χ2v) is 8.82. The van der Waals surface area contributed by atoms with Crippen LogP contribution < -0.4 is 5.32 Å². The summed E-state index contributed by atoms with van der Waals surface area (Å²) in [6.45, 7) is 11.6. The van der Waals surface area contributed by atoms with Crippen LogP contribution in [0.5, 0.6) is 0 Å². The van der Waals surface area contributed by atoms with Gasteiger partial charge in [0.25, 0.3) is 0 Å². The molecule has 0 unspecified atom stereocenters. The second-order valence-electron chi connectivity index (χ2n) is 8.82. The number of hydrogen-bond acceptors (Lipinski definition) is 1. The summed E-state index contributed by atoms with van der Waals surface area (Å²) < 4.78 is 0. The zero-order chi connectivity index (χ0) is 18.5. The number of fused-ring (bicyclic) bond motifs is 3. The molecule has 0 spiro atoms. The van der Waals surface area contributed by atoms with Crippen molar-refractivity contribution in [2.24, 2.45) is 0 Å². The molecule has 3 aromatic rings. The predicted molar refractivity (Wildman–Crippen MR) is 112 cm³/mol. The first-order chi connectivity index (χ1) is 12.3. The minimum Gasteiger partial charge on any atom is -0.355 e. The highest BCUT2D eigenvalue weighted by Crippen LogP contribution is 2.54. The van der Waals surface area contributed by atoms with Gasteiger partial charge in [-0.25, -0.2) is 0 Å². The highest BCUT2D eigenvalue weighted by atomic mass is 14.9. The summed E-state index contributed by atoms with van der Waals surface area (Å²) in [5.41, 5.74) is 9.47. The van der Waals surface area contributed by atoms with E-state index in [-0.39, 0.29) is 10.8 Å². The van der Waals surface area contributed by atoms with E-state index in [2.05, 4.69) is 107 Å². The van der Waals surface area contributed by atoms with E-state index in [0.717, 1.165) is 5.69 Å². The molecule has 1 heteroatoms. The Morgan fingerprint density at radius 2 is 1.42 bits per heavy atom. The number of anilines is 2. The van der Waals surface area contributed by atoms with Gasteiger partial charge in [-0.2, -0.15) is 0 Å². The molecule has 0 fully saturated rings. The van der Waals surface area contributed by atoms with Crippen molar-refractivity contribution >= 4 is 11.4 Å². The summed E-state index contributed by atoms with van der Waals surface area (Å²) in [6, 6.07) is 23.9. The van der Waals surface area contributed by atoms with Crippen LogP contribution in [0.1, 0.15) is 51.3 Å². The smallest absolute Gasteiger partial charge is 0.0432 e. The van der Waals surface area contributed by atoms with Crippen LogP contribution in [0.2, 0.25) is 0 Å². The van der Waals surface area contributed by atoms with Crippen molar-refractivity contribution in [1.82, 2.24) is 0 Å². The molecule has 0 amide bonds. The van der Waals surface area contributed by atoms with Gasteiger partial charge in [-0.3, -0.25) is 0 Å². The molecular formula is C25H27N. The molecule has 0 aromatic heterocycles. The van der Waals surface area contributed by atoms with Crippen LogP contribution in [0.15, 0.2) is 66.7 Å². The third-order valence-electron chi connectivity index (χ3n) is 5.56. The van der Waals surface area contributed by atoms with Crippen LogP contribution in [0.25, 0.3) is 11.1 Å². The van der Waals surface area contributed by atoms with Gasteiger partial charge >= 0.3 is 0 Å². The van der Waals surface area contributed by atoms with Gasteiger partial charge in [-0.05, 0) is 51.4 Å². The lowest BCUT2D eigenvalue weighted by atomic mass is 9.78. The minimum absolute atomic E-state index is 0.0235. The van der Waals surface area contributed by atoms with Crippen molar-refractivity contribution in [3.05, 3.63) is 83.4 Å². The third-order valence-corrected chi connectivity index (χ3v) is 5.56. The Balaban J connectivity index is 2.00. The molecular weight excluding hydrogens is 314 g/mol. The van der Waals surface area contributed by atoms with Crippen molar-refractivity contribution in [1.29, 1.82) is 0 Å². The lowest BCUT2D eigenvalue weighted by Crippen LogP contribution is -2.19. The molecule has 1 N–H and O–H groups in total. The van der Waals surface area contributed by atoms with E-state index in [1.165, 1.54) is 33.5 Å². The Bertz CT molecular complexity index is 959. The fraction of sp³-hybridized carbons (Fsp3) is 0.280. The van der Waals surface area contributed by atoms with Gasteiger partial charge in [-0.1, -0.05) is 83.1 Å². The normalized spacial score (nSPS) is 14.7. The first-order valence-corrected chi connectivity index (χ1v) is 9.40. The summed E-state index contributed by atoms with van der Waals surface area (Å²) in [7, 11) is 0. The van der Waals surface area contributed by atoms with E-state index >= 15 is 0 Å². The minimum atomic E-state index is -0.0235.